The van der Waals surface area contributed by atoms with Gasteiger partial charge in [0, 0.05) is 25.6 Å². The molecular weight excluding hydrogens is 382 g/mol. The van der Waals surface area contributed by atoms with Gasteiger partial charge in [-0.1, -0.05) is 18.0 Å². The Bertz CT molecular complexity index is 945. The highest BCUT2D eigenvalue weighted by Gasteiger charge is 2.75. The minimum absolute atomic E-state index is 0.165. The number of nitrogens with one attached hydrogen (secondary N) is 2. The Hall–Kier alpha value is -1.90. The maximum atomic E-state index is 12.3. The Labute approximate surface area is 167 Å². The van der Waals surface area contributed by atoms with Gasteiger partial charge in [0.05, 0.1) is 29.6 Å². The number of amides is 1. The summed E-state index contributed by atoms with van der Waals surface area (Å²) in [6.45, 7) is 0.871. The lowest BCUT2D eigenvalue weighted by molar-refractivity contribution is -0.132. The van der Waals surface area contributed by atoms with E-state index in [-0.39, 0.29) is 11.8 Å². The van der Waals surface area contributed by atoms with Crippen LogP contribution in [0.25, 0.3) is 11.2 Å². The van der Waals surface area contributed by atoms with E-state index in [2.05, 4.69) is 20.6 Å². The zero-order valence-corrected chi connectivity index (χ0v) is 16.4. The molecule has 0 aromatic carbocycles. The van der Waals surface area contributed by atoms with Gasteiger partial charge < -0.3 is 25.4 Å². The van der Waals surface area contributed by atoms with Crippen LogP contribution in [0, 0.1) is 17.3 Å². The molecule has 2 aromatic heterocycles. The predicted molar refractivity (Wildman–Crippen MR) is 104 cm³/mol. The molecule has 4 N–H and O–H groups in total. The summed E-state index contributed by atoms with van der Waals surface area (Å²) in [5.41, 5.74) is 1.13. The topological polar surface area (TPSA) is 112 Å². The van der Waals surface area contributed by atoms with Gasteiger partial charge >= 0.3 is 0 Å². The van der Waals surface area contributed by atoms with E-state index in [9.17, 15) is 15.0 Å². The molecule has 8 nitrogen and oxygen atoms in total. The van der Waals surface area contributed by atoms with Gasteiger partial charge in [-0.2, -0.15) is 0 Å². The Kier molecular flexibility index (Phi) is 4.08. The number of hydrogen-bond acceptors (Lipinski definition) is 6. The number of anilines is 1. The second kappa shape index (κ2) is 6.30. The third-order valence-electron chi connectivity index (χ3n) is 6.95. The van der Waals surface area contributed by atoms with E-state index >= 15 is 0 Å². The van der Waals surface area contributed by atoms with Gasteiger partial charge in [-0.3, -0.25) is 4.79 Å². The highest BCUT2D eigenvalue weighted by molar-refractivity contribution is 6.30. The third-order valence-corrected chi connectivity index (χ3v) is 7.14. The van der Waals surface area contributed by atoms with Gasteiger partial charge in [-0.25, -0.2) is 9.97 Å². The quantitative estimate of drug-likeness (QED) is 0.558. The zero-order valence-electron chi connectivity index (χ0n) is 15.6. The lowest BCUT2D eigenvalue weighted by Crippen LogP contribution is -2.41. The first-order chi connectivity index (χ1) is 13.5. The lowest BCUT2D eigenvalue weighted by Gasteiger charge is -2.26. The van der Waals surface area contributed by atoms with Gasteiger partial charge in [-0.05, 0) is 25.2 Å². The van der Waals surface area contributed by atoms with Crippen LogP contribution in [0.1, 0.15) is 31.7 Å². The first-order valence-corrected chi connectivity index (χ1v) is 10.2. The van der Waals surface area contributed by atoms with E-state index in [0.29, 0.717) is 28.7 Å². The zero-order chi connectivity index (χ0) is 19.6. The average molecular weight is 406 g/mol. The number of hydrogen-bond donors (Lipinski definition) is 4. The van der Waals surface area contributed by atoms with Crippen molar-refractivity contribution < 1.29 is 15.0 Å². The van der Waals surface area contributed by atoms with Crippen LogP contribution >= 0.6 is 11.6 Å². The number of nitrogens with zero attached hydrogens (tertiary/aromatic N) is 3. The molecule has 0 spiro atoms. The molecule has 5 atom stereocenters. The number of aliphatic hydroxyl groups is 2. The minimum atomic E-state index is -1.12. The van der Waals surface area contributed by atoms with Crippen LogP contribution in [0.2, 0.25) is 5.15 Å². The van der Waals surface area contributed by atoms with Gasteiger partial charge in [0.1, 0.15) is 16.8 Å². The van der Waals surface area contributed by atoms with Gasteiger partial charge in [-0.15, -0.1) is 0 Å². The summed E-state index contributed by atoms with van der Waals surface area (Å²) in [6.07, 6.45) is 3.72. The van der Waals surface area contributed by atoms with Crippen LogP contribution in [0.5, 0.6) is 0 Å². The fourth-order valence-electron chi connectivity index (χ4n) is 5.07. The highest BCUT2D eigenvalue weighted by atomic mass is 35.5. The van der Waals surface area contributed by atoms with E-state index in [0.717, 1.165) is 12.2 Å². The molecule has 2 aromatic rings. The van der Waals surface area contributed by atoms with E-state index in [1.165, 1.54) is 19.3 Å². The molecule has 0 aliphatic heterocycles. The molecule has 0 bridgehead atoms. The Morgan fingerprint density at radius 2 is 2.21 bits per heavy atom. The Balaban J connectivity index is 1.50. The number of carbonyl (C=O) groups excluding carboxylic acids is 1. The second-order valence-electron chi connectivity index (χ2n) is 8.35. The van der Waals surface area contributed by atoms with E-state index in [1.807, 2.05) is 0 Å². The second-order valence-corrected chi connectivity index (χ2v) is 8.74. The molecule has 150 valence electrons. The molecule has 0 radical (unpaired) electrons. The highest BCUT2D eigenvalue weighted by Crippen LogP contribution is 2.67. The molecule has 3 saturated carbocycles. The fraction of sp³-hybridized carbons (Fsp3) is 0.632. The van der Waals surface area contributed by atoms with Crippen LogP contribution in [0.4, 0.5) is 5.69 Å². The molecular formula is C19H24ClN5O3. The van der Waals surface area contributed by atoms with Crippen molar-refractivity contribution in [3.63, 3.8) is 0 Å². The largest absolute Gasteiger partial charge is 0.389 e. The minimum Gasteiger partial charge on any atom is -0.389 e. The Morgan fingerprint density at radius 1 is 1.43 bits per heavy atom. The number of pyridine rings is 1. The van der Waals surface area contributed by atoms with Crippen molar-refractivity contribution in [1.82, 2.24) is 19.9 Å². The summed E-state index contributed by atoms with van der Waals surface area (Å²) in [7, 11) is 1.55. The van der Waals surface area contributed by atoms with Crippen molar-refractivity contribution in [2.24, 2.45) is 17.3 Å². The Morgan fingerprint density at radius 3 is 2.89 bits per heavy atom. The van der Waals surface area contributed by atoms with Crippen molar-refractivity contribution in [2.45, 2.75) is 43.9 Å². The van der Waals surface area contributed by atoms with Crippen molar-refractivity contribution in [2.75, 3.05) is 18.9 Å². The summed E-state index contributed by atoms with van der Waals surface area (Å²) >= 11 is 6.27. The monoisotopic (exact) mass is 405 g/mol. The van der Waals surface area contributed by atoms with Crippen LogP contribution in [-0.2, 0) is 4.79 Å². The summed E-state index contributed by atoms with van der Waals surface area (Å²) in [6, 6.07) is 1.30. The first kappa shape index (κ1) is 18.1. The molecule has 2 heterocycles. The van der Waals surface area contributed by atoms with E-state index in [1.54, 1.807) is 24.0 Å². The van der Waals surface area contributed by atoms with Gasteiger partial charge in [0.15, 0.2) is 5.65 Å². The molecule has 5 rings (SSSR count). The number of imidazole rings is 1. The molecule has 9 heteroatoms. The van der Waals surface area contributed by atoms with Crippen molar-refractivity contribution >= 4 is 34.4 Å². The van der Waals surface area contributed by atoms with Crippen LogP contribution in [-0.4, -0.2) is 56.5 Å². The molecule has 0 unspecified atom stereocenters. The van der Waals surface area contributed by atoms with Crippen LogP contribution in [0.15, 0.2) is 12.4 Å². The normalized spacial score (nSPS) is 34.1. The number of carbonyl (C=O) groups is 1. The van der Waals surface area contributed by atoms with Gasteiger partial charge in [0.2, 0.25) is 5.91 Å². The standard InChI is InChI=1S/C19H24ClN5O3/c1-21-18(28)19-6-10(19)14(15(26)16(19)27)25-8-23-13-11(5-12(20)24-17(13)25)22-7-9-3-2-4-9/h5,8-10,14-16,26-27H,2-4,6-7H2,1H3,(H,21,28)(H,22,24)/t10-,14-,15+,16+,19+/m1/s1. The molecule has 3 aliphatic carbocycles. The first-order valence-electron chi connectivity index (χ1n) is 9.82. The number of aromatic nitrogens is 3. The maximum absolute atomic E-state index is 12.3. The summed E-state index contributed by atoms with van der Waals surface area (Å²) < 4.78 is 1.77. The number of aliphatic hydroxyl groups excluding tert-OH is 2. The summed E-state index contributed by atoms with van der Waals surface area (Å²) in [5.74, 6) is 0.280. The summed E-state index contributed by atoms with van der Waals surface area (Å²) in [4.78, 5) is 21.3. The van der Waals surface area contributed by atoms with E-state index in [4.69, 9.17) is 11.6 Å². The predicted octanol–water partition coefficient (Wildman–Crippen LogP) is 1.33. The van der Waals surface area contributed by atoms with E-state index < -0.39 is 23.7 Å². The molecule has 1 amide bonds. The smallest absolute Gasteiger partial charge is 0.229 e. The lowest BCUT2D eigenvalue weighted by atomic mass is 9.85. The number of halogens is 1. The molecule has 28 heavy (non-hydrogen) atoms. The van der Waals surface area contributed by atoms with Crippen molar-refractivity contribution in [1.29, 1.82) is 0 Å². The fourth-order valence-corrected chi connectivity index (χ4v) is 5.26. The maximum Gasteiger partial charge on any atom is 0.229 e. The number of rotatable bonds is 5. The van der Waals surface area contributed by atoms with Crippen molar-refractivity contribution in [3.05, 3.63) is 17.5 Å². The average Bonchev–Trinajstić information content (AvgIpc) is 3.18. The number of fused-ring (bicyclic) bond motifs is 2. The summed E-state index contributed by atoms with van der Waals surface area (Å²) in [5, 5.41) is 27.7. The molecule has 0 saturated heterocycles. The molecule has 3 aliphatic rings. The van der Waals surface area contributed by atoms with Crippen LogP contribution in [0.3, 0.4) is 0 Å². The van der Waals surface area contributed by atoms with Crippen LogP contribution < -0.4 is 10.6 Å². The van der Waals surface area contributed by atoms with Crippen molar-refractivity contribution in [3.8, 4) is 0 Å². The molecule has 3 fully saturated rings. The van der Waals surface area contributed by atoms with Gasteiger partial charge in [0.25, 0.3) is 0 Å². The SMILES string of the molecule is CNC(=O)[C@@]12C[C@@H]1[C@@H](n1cnc3c(NCC4CCC4)cc(Cl)nc31)[C@H](O)[C@@H]2O. The third kappa shape index (κ3) is 2.41.